The highest BCUT2D eigenvalue weighted by atomic mass is 16.5. The molecule has 4 N–H and O–H groups in total. The van der Waals surface area contributed by atoms with Gasteiger partial charge >= 0.3 is 0 Å². The van der Waals surface area contributed by atoms with E-state index < -0.39 is 12.1 Å². The number of hydrogen-bond donors (Lipinski definition) is 4. The fourth-order valence-corrected chi connectivity index (χ4v) is 4.25. The van der Waals surface area contributed by atoms with Gasteiger partial charge in [0.15, 0.2) is 0 Å². The first-order valence-corrected chi connectivity index (χ1v) is 14.2. The molecule has 0 aliphatic carbocycles. The van der Waals surface area contributed by atoms with Crippen LogP contribution in [0.1, 0.15) is 31.2 Å². The van der Waals surface area contributed by atoms with E-state index in [1.165, 1.54) is 11.0 Å². The molecule has 13 heteroatoms. The summed E-state index contributed by atoms with van der Waals surface area (Å²) < 4.78 is 10.3. The first-order chi connectivity index (χ1) is 20.8. The van der Waals surface area contributed by atoms with Gasteiger partial charge in [0.25, 0.3) is 0 Å². The van der Waals surface area contributed by atoms with E-state index in [0.29, 0.717) is 62.3 Å². The molecule has 0 radical (unpaired) electrons. The maximum Gasteiger partial charge on any atom is 0.247 e. The van der Waals surface area contributed by atoms with Gasteiger partial charge in [0, 0.05) is 76.8 Å². The summed E-state index contributed by atoms with van der Waals surface area (Å²) in [5.74, 6) is 7.17. The second-order valence-corrected chi connectivity index (χ2v) is 10.2. The molecule has 232 valence electrons. The van der Waals surface area contributed by atoms with Crippen LogP contribution in [0.5, 0.6) is 5.88 Å². The van der Waals surface area contributed by atoms with Crippen LogP contribution in [0.25, 0.3) is 0 Å². The van der Waals surface area contributed by atoms with Gasteiger partial charge in [0.05, 0.1) is 25.0 Å². The molecular formula is C30H42N8O5. The van der Waals surface area contributed by atoms with Crippen LogP contribution in [-0.4, -0.2) is 115 Å². The van der Waals surface area contributed by atoms with Crippen molar-refractivity contribution in [1.82, 2.24) is 30.1 Å². The Kier molecular flexibility index (Phi) is 13.6. The van der Waals surface area contributed by atoms with Crippen molar-refractivity contribution >= 4 is 29.3 Å². The van der Waals surface area contributed by atoms with Gasteiger partial charge in [-0.15, -0.1) is 0 Å². The van der Waals surface area contributed by atoms with Crippen molar-refractivity contribution in [3.8, 4) is 17.7 Å². The number of aromatic nitrogens is 3. The van der Waals surface area contributed by atoms with Gasteiger partial charge in [0.2, 0.25) is 23.6 Å². The van der Waals surface area contributed by atoms with E-state index in [1.54, 1.807) is 44.8 Å². The quantitative estimate of drug-likeness (QED) is 0.134. The number of aliphatic hydroxyl groups excluding tert-OH is 1. The van der Waals surface area contributed by atoms with Crippen LogP contribution in [0.4, 0.5) is 17.5 Å². The monoisotopic (exact) mass is 594 g/mol. The number of amides is 2. The molecule has 0 spiro atoms. The number of nitrogens with zero attached hydrogens (tertiary/aromatic N) is 5. The van der Waals surface area contributed by atoms with Crippen LogP contribution in [0.15, 0.2) is 36.7 Å². The van der Waals surface area contributed by atoms with Crippen molar-refractivity contribution in [1.29, 1.82) is 0 Å². The molecule has 0 saturated carbocycles. The molecule has 2 aromatic heterocycles. The van der Waals surface area contributed by atoms with E-state index in [9.17, 15) is 14.7 Å². The zero-order valence-electron chi connectivity index (χ0n) is 25.3. The van der Waals surface area contributed by atoms with Crippen LogP contribution >= 0.6 is 0 Å². The fourth-order valence-electron chi connectivity index (χ4n) is 4.25. The molecule has 0 unspecified atom stereocenters. The second-order valence-electron chi connectivity index (χ2n) is 10.2. The van der Waals surface area contributed by atoms with Gasteiger partial charge < -0.3 is 40.3 Å². The van der Waals surface area contributed by atoms with Crippen molar-refractivity contribution in [2.75, 3.05) is 71.7 Å². The van der Waals surface area contributed by atoms with Gasteiger partial charge in [-0.2, -0.15) is 4.98 Å². The summed E-state index contributed by atoms with van der Waals surface area (Å²) in [6, 6.07) is 2.84. The lowest BCUT2D eigenvalue weighted by atomic mass is 10.2. The number of unbranched alkanes of at least 4 members (excludes halogenated alkanes) is 1. The topological polar surface area (TPSA) is 154 Å². The molecule has 1 aliphatic rings. The Morgan fingerprint density at radius 1 is 1.23 bits per heavy atom. The standard InChI is InChI=1S/C30H42N8O5/c1-37(2)16-8-11-27(40)38-21-24(39)19-25(38)29(41)33-13-7-5-6-10-22-20-34-30(36-28(22)32-14-9-17-42-3)35-23-12-15-31-26(18-23)43-4/h8,11-12,15,18,20,24-25,39H,5,7,9,13-14,16-17,19,21H2,1-4H3,(H,33,41)(H2,31,32,34,35,36)/b11-8+/t24-,25-/m0/s1. The lowest BCUT2D eigenvalue weighted by molar-refractivity contribution is -0.135. The number of methoxy groups -OCH3 is 2. The van der Waals surface area contributed by atoms with Gasteiger partial charge in [0.1, 0.15) is 11.9 Å². The summed E-state index contributed by atoms with van der Waals surface area (Å²) >= 11 is 0. The van der Waals surface area contributed by atoms with Crippen molar-refractivity contribution in [3.63, 3.8) is 0 Å². The summed E-state index contributed by atoms with van der Waals surface area (Å²) in [6.45, 7) is 2.42. The number of pyridine rings is 1. The number of likely N-dealkylation sites (N-methyl/N-ethyl adjacent to an activating group) is 1. The molecule has 2 aromatic rings. The Bertz CT molecular complexity index is 1290. The number of carbonyl (C=O) groups excluding carboxylic acids is 2. The highest BCUT2D eigenvalue weighted by Gasteiger charge is 2.37. The van der Waals surface area contributed by atoms with Crippen LogP contribution in [-0.2, 0) is 14.3 Å². The predicted molar refractivity (Wildman–Crippen MR) is 164 cm³/mol. The Labute approximate surface area is 253 Å². The van der Waals surface area contributed by atoms with E-state index in [1.807, 2.05) is 19.0 Å². The number of carbonyl (C=O) groups is 2. The van der Waals surface area contributed by atoms with E-state index in [2.05, 4.69) is 42.7 Å². The molecule has 1 saturated heterocycles. The number of ether oxygens (including phenoxy) is 2. The number of β-amino-alcohol motifs (C(OH)–C–C–N with tert-alkyl or cyclic N) is 1. The Balaban J connectivity index is 1.55. The molecular weight excluding hydrogens is 552 g/mol. The minimum absolute atomic E-state index is 0.143. The molecule has 0 aromatic carbocycles. The van der Waals surface area contributed by atoms with Crippen molar-refractivity contribution in [2.24, 2.45) is 0 Å². The number of hydrogen-bond acceptors (Lipinski definition) is 11. The van der Waals surface area contributed by atoms with Crippen molar-refractivity contribution in [2.45, 2.75) is 37.8 Å². The first kappa shape index (κ1) is 33.3. The fraction of sp³-hybridized carbons (Fsp3) is 0.500. The second kappa shape index (κ2) is 17.6. The van der Waals surface area contributed by atoms with Crippen LogP contribution < -0.4 is 20.7 Å². The average molecular weight is 595 g/mol. The third-order valence-electron chi connectivity index (χ3n) is 6.40. The lowest BCUT2D eigenvalue weighted by Gasteiger charge is -2.22. The third kappa shape index (κ3) is 11.2. The molecule has 2 atom stereocenters. The summed E-state index contributed by atoms with van der Waals surface area (Å²) in [6.07, 6.45) is 7.93. The highest BCUT2D eigenvalue weighted by molar-refractivity contribution is 5.93. The van der Waals surface area contributed by atoms with Gasteiger partial charge in [-0.25, -0.2) is 9.97 Å². The summed E-state index contributed by atoms with van der Waals surface area (Å²) in [5.41, 5.74) is 1.38. The van der Waals surface area contributed by atoms with Crippen LogP contribution in [0, 0.1) is 11.8 Å². The number of anilines is 3. The number of rotatable bonds is 15. The summed E-state index contributed by atoms with van der Waals surface area (Å²) in [7, 11) is 7.02. The van der Waals surface area contributed by atoms with Crippen LogP contribution in [0.2, 0.25) is 0 Å². The zero-order chi connectivity index (χ0) is 31.0. The Morgan fingerprint density at radius 2 is 2.07 bits per heavy atom. The normalized spacial score (nSPS) is 16.2. The number of nitrogens with one attached hydrogen (secondary N) is 3. The smallest absolute Gasteiger partial charge is 0.247 e. The lowest BCUT2D eigenvalue weighted by Crippen LogP contribution is -2.45. The van der Waals surface area contributed by atoms with Crippen molar-refractivity contribution < 1.29 is 24.2 Å². The first-order valence-electron chi connectivity index (χ1n) is 14.2. The van der Waals surface area contributed by atoms with Crippen molar-refractivity contribution in [3.05, 3.63) is 42.2 Å². The average Bonchev–Trinajstić information content (AvgIpc) is 3.39. The summed E-state index contributed by atoms with van der Waals surface area (Å²) in [5, 5.41) is 19.4. The molecule has 0 bridgehead atoms. The highest BCUT2D eigenvalue weighted by Crippen LogP contribution is 2.20. The molecule has 1 fully saturated rings. The van der Waals surface area contributed by atoms with E-state index in [-0.39, 0.29) is 24.8 Å². The number of aliphatic hydroxyl groups is 1. The van der Waals surface area contributed by atoms with Crippen LogP contribution in [0.3, 0.4) is 0 Å². The molecule has 1 aliphatic heterocycles. The largest absolute Gasteiger partial charge is 0.481 e. The molecule has 3 heterocycles. The summed E-state index contributed by atoms with van der Waals surface area (Å²) in [4.78, 5) is 41.8. The minimum Gasteiger partial charge on any atom is -0.481 e. The molecule has 43 heavy (non-hydrogen) atoms. The van der Waals surface area contributed by atoms with Gasteiger partial charge in [-0.1, -0.05) is 17.9 Å². The molecule has 13 nitrogen and oxygen atoms in total. The third-order valence-corrected chi connectivity index (χ3v) is 6.40. The van der Waals surface area contributed by atoms with E-state index in [4.69, 9.17) is 9.47 Å². The maximum absolute atomic E-state index is 12.8. The number of likely N-dealkylation sites (tertiary alicyclic amines) is 1. The maximum atomic E-state index is 12.8. The molecule has 3 rings (SSSR count). The Hall–Kier alpha value is -4.25. The van der Waals surface area contributed by atoms with E-state index >= 15 is 0 Å². The van der Waals surface area contributed by atoms with Gasteiger partial charge in [-0.3, -0.25) is 9.59 Å². The van der Waals surface area contributed by atoms with Gasteiger partial charge in [-0.05, 0) is 33.0 Å². The Morgan fingerprint density at radius 3 is 2.84 bits per heavy atom. The minimum atomic E-state index is -0.721. The zero-order valence-corrected chi connectivity index (χ0v) is 25.3. The predicted octanol–water partition coefficient (Wildman–Crippen LogP) is 1.40. The SMILES string of the molecule is COCCCNc1nc(Nc2ccnc(OC)c2)ncc1C#CCCCNC(=O)[C@@H]1C[C@H](O)CN1C(=O)/C=C/CN(C)C. The molecule has 2 amide bonds. The van der Waals surface area contributed by atoms with E-state index in [0.717, 1.165) is 12.1 Å².